The minimum absolute atomic E-state index is 0.214. The van der Waals surface area contributed by atoms with Crippen LogP contribution in [0.25, 0.3) is 0 Å². The third-order valence-corrected chi connectivity index (χ3v) is 9.77. The lowest BCUT2D eigenvalue weighted by Gasteiger charge is -2.33. The first-order chi connectivity index (χ1) is 17.8. The molecule has 14 heteroatoms. The van der Waals surface area contributed by atoms with E-state index in [0.29, 0.717) is 31.4 Å². The van der Waals surface area contributed by atoms with Crippen LogP contribution in [-0.2, 0) is 24.6 Å². The van der Waals surface area contributed by atoms with E-state index in [9.17, 15) is 30.0 Å². The third-order valence-electron chi connectivity index (χ3n) is 6.16. The minimum Gasteiger partial charge on any atom is -0.380 e. The normalized spacial score (nSPS) is 16.9. The lowest BCUT2D eigenvalue weighted by Crippen LogP contribution is -2.39. The fraction of sp³-hybridized carbons (Fsp3) is 0.500. The molecular formula is C24H32F3N3O5S3. The number of primary sulfonamides is 1. The number of benzene rings is 2. The zero-order chi connectivity index (χ0) is 28.0. The van der Waals surface area contributed by atoms with E-state index in [4.69, 9.17) is 9.88 Å². The van der Waals surface area contributed by atoms with Crippen molar-refractivity contribution in [1.82, 2.24) is 4.90 Å². The summed E-state index contributed by atoms with van der Waals surface area (Å²) in [6.07, 6.45) is 2.49. The highest BCUT2D eigenvalue weighted by atomic mass is 32.2. The highest BCUT2D eigenvalue weighted by molar-refractivity contribution is 7.99. The molecule has 0 radical (unpaired) electrons. The fourth-order valence-electron chi connectivity index (χ4n) is 4.15. The van der Waals surface area contributed by atoms with Gasteiger partial charge < -0.3 is 15.0 Å². The molecule has 1 heterocycles. The van der Waals surface area contributed by atoms with E-state index in [1.165, 1.54) is 11.8 Å². The third kappa shape index (κ3) is 8.33. The van der Waals surface area contributed by atoms with Gasteiger partial charge in [0.2, 0.25) is 10.0 Å². The van der Waals surface area contributed by atoms with Crippen LogP contribution in [0.5, 0.6) is 0 Å². The molecule has 0 saturated carbocycles. The van der Waals surface area contributed by atoms with Gasteiger partial charge in [0.25, 0.3) is 9.84 Å². The number of halogens is 3. The van der Waals surface area contributed by atoms with E-state index >= 15 is 0 Å². The fourth-order valence-corrected chi connectivity index (χ4v) is 6.71. The summed E-state index contributed by atoms with van der Waals surface area (Å²) in [6, 6.07) is 11.5. The monoisotopic (exact) mass is 595 g/mol. The van der Waals surface area contributed by atoms with Crippen molar-refractivity contribution in [1.29, 1.82) is 0 Å². The Labute approximate surface area is 226 Å². The Kier molecular flexibility index (Phi) is 10.5. The second kappa shape index (κ2) is 13.0. The summed E-state index contributed by atoms with van der Waals surface area (Å²) in [7, 11) is -10.3. The maximum Gasteiger partial charge on any atom is 0.501 e. The first-order valence-electron chi connectivity index (χ1n) is 12.1. The number of nitrogens with one attached hydrogen (secondary N) is 1. The van der Waals surface area contributed by atoms with Gasteiger partial charge >= 0.3 is 5.51 Å². The van der Waals surface area contributed by atoms with Crippen molar-refractivity contribution >= 4 is 37.3 Å². The van der Waals surface area contributed by atoms with Crippen LogP contribution in [0.2, 0.25) is 0 Å². The Morgan fingerprint density at radius 2 is 1.76 bits per heavy atom. The van der Waals surface area contributed by atoms with Gasteiger partial charge in [-0.1, -0.05) is 18.2 Å². The Morgan fingerprint density at radius 1 is 1.11 bits per heavy atom. The zero-order valence-corrected chi connectivity index (χ0v) is 23.3. The molecule has 2 aromatic rings. The number of likely N-dealkylation sites (tertiary alicyclic amines) is 1. The topological polar surface area (TPSA) is 119 Å². The zero-order valence-electron chi connectivity index (χ0n) is 20.9. The summed E-state index contributed by atoms with van der Waals surface area (Å²) in [5, 5.41) is 8.01. The van der Waals surface area contributed by atoms with E-state index in [1.54, 1.807) is 0 Å². The van der Waals surface area contributed by atoms with E-state index < -0.39 is 41.2 Å². The number of sulfonamides is 1. The van der Waals surface area contributed by atoms with Crippen molar-refractivity contribution in [2.75, 3.05) is 37.3 Å². The number of piperidine rings is 1. The number of alkyl halides is 3. The predicted octanol–water partition coefficient (Wildman–Crippen LogP) is 4.09. The van der Waals surface area contributed by atoms with E-state index in [1.807, 2.05) is 37.3 Å². The van der Waals surface area contributed by atoms with Gasteiger partial charge in [-0.05, 0) is 56.5 Å². The van der Waals surface area contributed by atoms with Crippen LogP contribution < -0.4 is 10.5 Å². The number of thioether (sulfide) groups is 1. The Bertz CT molecular complexity index is 1270. The number of anilines is 1. The lowest BCUT2D eigenvalue weighted by molar-refractivity contribution is -0.0435. The maximum absolute atomic E-state index is 13.5. The summed E-state index contributed by atoms with van der Waals surface area (Å²) in [5.74, 6) is 0.432. The number of nitrogens with two attached hydrogens (primary N) is 1. The molecule has 0 spiro atoms. The van der Waals surface area contributed by atoms with Crippen LogP contribution >= 0.6 is 11.8 Å². The number of nitrogens with zero attached hydrogens (tertiary/aromatic N) is 1. The molecule has 1 unspecified atom stereocenters. The molecule has 1 aliphatic heterocycles. The van der Waals surface area contributed by atoms with Gasteiger partial charge in [-0.25, -0.2) is 22.0 Å². The Morgan fingerprint density at radius 3 is 2.34 bits per heavy atom. The van der Waals surface area contributed by atoms with E-state index in [2.05, 4.69) is 10.2 Å². The minimum atomic E-state index is -5.86. The molecule has 1 aliphatic rings. The molecule has 3 rings (SSSR count). The molecule has 0 aromatic heterocycles. The number of ether oxygens (including phenoxy) is 1. The molecule has 2 aromatic carbocycles. The van der Waals surface area contributed by atoms with Crippen LogP contribution in [0.4, 0.5) is 18.9 Å². The second-order valence-corrected chi connectivity index (χ2v) is 13.5. The van der Waals surface area contributed by atoms with Gasteiger partial charge in [-0.2, -0.15) is 13.2 Å². The van der Waals surface area contributed by atoms with Gasteiger partial charge in [0.1, 0.15) is 4.90 Å². The molecular weight excluding hydrogens is 563 g/mol. The summed E-state index contributed by atoms with van der Waals surface area (Å²) in [5.41, 5.74) is -5.96. The van der Waals surface area contributed by atoms with Crippen LogP contribution in [0.1, 0.15) is 26.2 Å². The van der Waals surface area contributed by atoms with Crippen LogP contribution in [0, 0.1) is 0 Å². The van der Waals surface area contributed by atoms with E-state index in [0.717, 1.165) is 43.0 Å². The van der Waals surface area contributed by atoms with Gasteiger partial charge in [0.15, 0.2) is 0 Å². The first-order valence-corrected chi connectivity index (χ1v) is 16.1. The molecule has 212 valence electrons. The van der Waals surface area contributed by atoms with Crippen molar-refractivity contribution in [2.45, 2.75) is 58.5 Å². The van der Waals surface area contributed by atoms with Crippen LogP contribution in [0.3, 0.4) is 0 Å². The molecule has 1 atom stereocenters. The molecule has 1 saturated heterocycles. The largest absolute Gasteiger partial charge is 0.501 e. The highest BCUT2D eigenvalue weighted by Gasteiger charge is 2.48. The number of sulfone groups is 1. The average molecular weight is 596 g/mol. The lowest BCUT2D eigenvalue weighted by atomic mass is 10.1. The van der Waals surface area contributed by atoms with Gasteiger partial charge in [-0.3, -0.25) is 0 Å². The van der Waals surface area contributed by atoms with Crippen molar-refractivity contribution in [3.63, 3.8) is 0 Å². The molecule has 1 fully saturated rings. The highest BCUT2D eigenvalue weighted by Crippen LogP contribution is 2.36. The Hall–Kier alpha value is -1.84. The summed E-state index contributed by atoms with van der Waals surface area (Å²) in [4.78, 5) is 1.29. The summed E-state index contributed by atoms with van der Waals surface area (Å²) >= 11 is 1.48. The average Bonchev–Trinajstić information content (AvgIpc) is 2.86. The Balaban J connectivity index is 1.85. The first kappa shape index (κ1) is 30.7. The summed E-state index contributed by atoms with van der Waals surface area (Å²) < 4.78 is 94.4. The molecule has 0 bridgehead atoms. The maximum atomic E-state index is 13.5. The smallest absolute Gasteiger partial charge is 0.380 e. The van der Waals surface area contributed by atoms with Crippen LogP contribution in [-0.4, -0.2) is 71.4 Å². The second-order valence-electron chi connectivity index (χ2n) is 8.90. The molecule has 8 nitrogen and oxygen atoms in total. The van der Waals surface area contributed by atoms with Crippen molar-refractivity contribution < 1.29 is 34.7 Å². The quantitative estimate of drug-likeness (QED) is 0.353. The molecule has 0 amide bonds. The SMILES string of the molecule is CCOC1CCN(CCC(CSc2ccccc2)Nc2ccc(S(N)(=O)=O)cc2S(=O)(=O)C(F)(F)F)CC1. The molecule has 38 heavy (non-hydrogen) atoms. The van der Waals surface area contributed by atoms with Crippen LogP contribution in [0.15, 0.2) is 63.2 Å². The van der Waals surface area contributed by atoms with Gasteiger partial charge in [0, 0.05) is 42.9 Å². The van der Waals surface area contributed by atoms with Crippen molar-refractivity contribution in [2.24, 2.45) is 5.14 Å². The van der Waals surface area contributed by atoms with Crippen molar-refractivity contribution in [3.8, 4) is 0 Å². The summed E-state index contributed by atoms with van der Waals surface area (Å²) in [6.45, 7) is 4.89. The molecule has 0 aliphatic carbocycles. The van der Waals surface area contributed by atoms with Crippen molar-refractivity contribution in [3.05, 3.63) is 48.5 Å². The van der Waals surface area contributed by atoms with Gasteiger partial charge in [-0.15, -0.1) is 11.8 Å². The van der Waals surface area contributed by atoms with Gasteiger partial charge in [0.05, 0.1) is 16.7 Å². The van der Waals surface area contributed by atoms with E-state index in [-0.39, 0.29) is 11.8 Å². The molecule has 3 N–H and O–H groups in total. The standard InChI is InChI=1S/C24H32F3N3O5S3/c1-2-35-19-11-14-30(15-12-19)13-10-18(17-36-20-6-4-3-5-7-20)29-22-9-8-21(38(28,33)34)16-23(22)37(31,32)24(25,26)27/h3-9,16,18-19,29H,2,10-15,17H2,1H3,(H2,28,33,34). The number of hydrogen-bond acceptors (Lipinski definition) is 8. The predicted molar refractivity (Wildman–Crippen MR) is 141 cm³/mol. The number of hydrogen-bond donors (Lipinski definition) is 2. The number of rotatable bonds is 12.